The summed E-state index contributed by atoms with van der Waals surface area (Å²) in [5.74, 6) is -0.299. The van der Waals surface area contributed by atoms with Crippen LogP contribution >= 0.6 is 23.2 Å². The zero-order valence-electron chi connectivity index (χ0n) is 11.7. The Morgan fingerprint density at radius 3 is 2.50 bits per heavy atom. The van der Waals surface area contributed by atoms with Crippen LogP contribution in [-0.2, 0) is 11.2 Å². The molecule has 1 fully saturated rings. The van der Waals surface area contributed by atoms with Crippen molar-refractivity contribution in [3.63, 3.8) is 0 Å². The van der Waals surface area contributed by atoms with Crippen LogP contribution in [0.5, 0.6) is 0 Å². The van der Waals surface area contributed by atoms with Crippen molar-refractivity contribution in [1.82, 2.24) is 0 Å². The van der Waals surface area contributed by atoms with Crippen molar-refractivity contribution in [2.24, 2.45) is 5.92 Å². The Bertz CT molecular complexity index is 727. The zero-order valence-corrected chi connectivity index (χ0v) is 13.2. The van der Waals surface area contributed by atoms with Crippen LogP contribution in [0.1, 0.15) is 27.4 Å². The van der Waals surface area contributed by atoms with Gasteiger partial charge in [0.05, 0.1) is 5.56 Å². The minimum absolute atomic E-state index is 0.0293. The maximum atomic E-state index is 12.3. The SMILES string of the molecule is O=C(O[C@@H]1Cc2ccccc2[C@@H]2[C@H]1C2(Cl)Cl)c1ccccc1. The first-order valence-electron chi connectivity index (χ1n) is 7.30. The predicted molar refractivity (Wildman–Crippen MR) is 86.5 cm³/mol. The van der Waals surface area contributed by atoms with E-state index in [9.17, 15) is 4.79 Å². The van der Waals surface area contributed by atoms with Crippen LogP contribution in [0.15, 0.2) is 54.6 Å². The molecule has 0 aliphatic heterocycles. The van der Waals surface area contributed by atoms with Crippen molar-refractivity contribution in [2.75, 3.05) is 0 Å². The Balaban J connectivity index is 1.61. The number of hydrogen-bond donors (Lipinski definition) is 0. The van der Waals surface area contributed by atoms with Crippen LogP contribution in [0.2, 0.25) is 0 Å². The maximum Gasteiger partial charge on any atom is 0.338 e. The van der Waals surface area contributed by atoms with Crippen molar-refractivity contribution in [1.29, 1.82) is 0 Å². The first kappa shape index (κ1) is 14.1. The normalized spacial score (nSPS) is 27.5. The van der Waals surface area contributed by atoms with E-state index < -0.39 is 4.33 Å². The van der Waals surface area contributed by atoms with Crippen LogP contribution in [0.25, 0.3) is 0 Å². The van der Waals surface area contributed by atoms with Gasteiger partial charge in [-0.1, -0.05) is 42.5 Å². The average Bonchev–Trinajstić information content (AvgIpc) is 3.12. The number of alkyl halides is 2. The van der Waals surface area contributed by atoms with Gasteiger partial charge in [0.25, 0.3) is 0 Å². The Kier molecular flexibility index (Phi) is 3.21. The van der Waals surface area contributed by atoms with Crippen molar-refractivity contribution < 1.29 is 9.53 Å². The summed E-state index contributed by atoms with van der Waals surface area (Å²) in [6, 6.07) is 17.1. The van der Waals surface area contributed by atoms with Crippen LogP contribution in [0, 0.1) is 5.92 Å². The molecular formula is C18H14Cl2O2. The van der Waals surface area contributed by atoms with E-state index in [1.807, 2.05) is 30.3 Å². The van der Waals surface area contributed by atoms with Crippen LogP contribution < -0.4 is 0 Å². The third kappa shape index (κ3) is 2.13. The monoisotopic (exact) mass is 332 g/mol. The van der Waals surface area contributed by atoms with E-state index in [2.05, 4.69) is 12.1 Å². The second kappa shape index (κ2) is 5.00. The number of rotatable bonds is 2. The summed E-state index contributed by atoms with van der Waals surface area (Å²) in [5, 5.41) is 0. The predicted octanol–water partition coefficient (Wildman–Crippen LogP) is 4.36. The smallest absolute Gasteiger partial charge is 0.338 e. The highest BCUT2D eigenvalue weighted by atomic mass is 35.5. The molecule has 0 saturated heterocycles. The topological polar surface area (TPSA) is 26.3 Å². The second-order valence-corrected chi connectivity index (χ2v) is 7.34. The molecule has 22 heavy (non-hydrogen) atoms. The number of ether oxygens (including phenoxy) is 1. The third-order valence-electron chi connectivity index (χ3n) is 4.59. The lowest BCUT2D eigenvalue weighted by Crippen LogP contribution is -2.27. The molecule has 0 amide bonds. The van der Waals surface area contributed by atoms with E-state index in [4.69, 9.17) is 27.9 Å². The molecule has 2 aliphatic rings. The largest absolute Gasteiger partial charge is 0.458 e. The van der Waals surface area contributed by atoms with E-state index in [-0.39, 0.29) is 23.9 Å². The van der Waals surface area contributed by atoms with Gasteiger partial charge in [0, 0.05) is 18.3 Å². The van der Waals surface area contributed by atoms with E-state index in [0.717, 1.165) is 5.56 Å². The van der Waals surface area contributed by atoms with Gasteiger partial charge in [-0.15, -0.1) is 23.2 Å². The first-order chi connectivity index (χ1) is 10.6. The summed E-state index contributed by atoms with van der Waals surface area (Å²) in [6.45, 7) is 0. The van der Waals surface area contributed by atoms with Gasteiger partial charge >= 0.3 is 5.97 Å². The molecule has 2 aromatic carbocycles. The lowest BCUT2D eigenvalue weighted by atomic mass is 9.90. The summed E-state index contributed by atoms with van der Waals surface area (Å²) in [7, 11) is 0. The van der Waals surface area contributed by atoms with Gasteiger partial charge < -0.3 is 4.74 Å². The number of esters is 1. The Hall–Kier alpha value is -1.51. The molecular weight excluding hydrogens is 319 g/mol. The molecule has 2 aromatic rings. The minimum Gasteiger partial charge on any atom is -0.458 e. The summed E-state index contributed by atoms with van der Waals surface area (Å²) in [5.41, 5.74) is 2.90. The highest BCUT2D eigenvalue weighted by molar-refractivity contribution is 6.52. The van der Waals surface area contributed by atoms with Gasteiger partial charge in [-0.05, 0) is 23.3 Å². The van der Waals surface area contributed by atoms with Crippen LogP contribution in [0.3, 0.4) is 0 Å². The Labute approximate surface area is 139 Å². The fourth-order valence-electron chi connectivity index (χ4n) is 3.48. The molecule has 0 heterocycles. The molecule has 3 atom stereocenters. The minimum atomic E-state index is -0.839. The summed E-state index contributed by atoms with van der Waals surface area (Å²) < 4.78 is 4.88. The Morgan fingerprint density at radius 2 is 1.73 bits per heavy atom. The van der Waals surface area contributed by atoms with Gasteiger partial charge in [0.15, 0.2) is 0 Å². The van der Waals surface area contributed by atoms with Crippen molar-refractivity contribution in [2.45, 2.75) is 22.8 Å². The van der Waals surface area contributed by atoms with Crippen molar-refractivity contribution in [3.05, 3.63) is 71.3 Å². The number of carbonyl (C=O) groups is 1. The summed E-state index contributed by atoms with van der Waals surface area (Å²) in [4.78, 5) is 12.3. The van der Waals surface area contributed by atoms with Gasteiger partial charge in [-0.3, -0.25) is 0 Å². The molecule has 0 unspecified atom stereocenters. The third-order valence-corrected chi connectivity index (χ3v) is 5.56. The lowest BCUT2D eigenvalue weighted by Gasteiger charge is -2.23. The average molecular weight is 333 g/mol. The van der Waals surface area contributed by atoms with E-state index in [0.29, 0.717) is 12.0 Å². The Morgan fingerprint density at radius 1 is 1.05 bits per heavy atom. The molecule has 4 rings (SSSR count). The molecule has 0 radical (unpaired) electrons. The number of halogens is 2. The number of benzene rings is 2. The highest BCUT2D eigenvalue weighted by Crippen LogP contribution is 2.69. The molecule has 4 heteroatoms. The van der Waals surface area contributed by atoms with Gasteiger partial charge in [0.1, 0.15) is 10.4 Å². The molecule has 0 aromatic heterocycles. The molecule has 1 saturated carbocycles. The number of fused-ring (bicyclic) bond motifs is 3. The molecule has 0 spiro atoms. The van der Waals surface area contributed by atoms with E-state index in [1.54, 1.807) is 12.1 Å². The lowest BCUT2D eigenvalue weighted by molar-refractivity contribution is 0.0231. The number of hydrogen-bond acceptors (Lipinski definition) is 2. The summed E-state index contributed by atoms with van der Waals surface area (Å²) in [6.07, 6.45) is 0.388. The maximum absolute atomic E-state index is 12.3. The fourth-order valence-corrected chi connectivity index (χ4v) is 4.39. The van der Waals surface area contributed by atoms with E-state index in [1.165, 1.54) is 5.56 Å². The van der Waals surface area contributed by atoms with Crippen LogP contribution in [0.4, 0.5) is 0 Å². The van der Waals surface area contributed by atoms with Gasteiger partial charge in [-0.2, -0.15) is 0 Å². The molecule has 0 N–H and O–H groups in total. The highest BCUT2D eigenvalue weighted by Gasteiger charge is 2.69. The molecule has 112 valence electrons. The zero-order chi connectivity index (χ0) is 15.3. The van der Waals surface area contributed by atoms with Crippen molar-refractivity contribution >= 4 is 29.2 Å². The van der Waals surface area contributed by atoms with Crippen LogP contribution in [-0.4, -0.2) is 16.4 Å². The quantitative estimate of drug-likeness (QED) is 0.603. The van der Waals surface area contributed by atoms with Gasteiger partial charge in [0.2, 0.25) is 0 Å². The summed E-state index contributed by atoms with van der Waals surface area (Å²) >= 11 is 12.9. The molecule has 2 nitrogen and oxygen atoms in total. The van der Waals surface area contributed by atoms with E-state index >= 15 is 0 Å². The molecule has 0 bridgehead atoms. The van der Waals surface area contributed by atoms with Gasteiger partial charge in [-0.25, -0.2) is 4.79 Å². The standard InChI is InChI=1S/C18H14Cl2O2/c19-18(20)15-13-9-5-4-8-12(13)10-14(16(15)18)22-17(21)11-6-2-1-3-7-11/h1-9,14-16H,10H2/t14-,15-,16+/m1/s1. The number of carbonyl (C=O) groups excluding carboxylic acids is 1. The fraction of sp³-hybridized carbons (Fsp3) is 0.278. The molecule has 2 aliphatic carbocycles. The van der Waals surface area contributed by atoms with Crippen molar-refractivity contribution in [3.8, 4) is 0 Å². The first-order valence-corrected chi connectivity index (χ1v) is 8.06. The second-order valence-electron chi connectivity index (χ2n) is 5.89.